The fourth-order valence-corrected chi connectivity index (χ4v) is 5.16. The van der Waals surface area contributed by atoms with E-state index < -0.39 is 0 Å². The minimum atomic E-state index is 0.674. The minimum absolute atomic E-state index is 0.674. The summed E-state index contributed by atoms with van der Waals surface area (Å²) in [6.45, 7) is 6.00. The molecule has 1 nitrogen and oxygen atoms in total. The Labute approximate surface area is 168 Å². The van der Waals surface area contributed by atoms with E-state index in [4.69, 9.17) is 0 Å². The first-order valence-electron chi connectivity index (χ1n) is 8.29. The molecule has 0 radical (unpaired) electrons. The van der Waals surface area contributed by atoms with E-state index in [1.807, 2.05) is 17.4 Å². The van der Waals surface area contributed by atoms with Crippen LogP contribution in [-0.2, 0) is 6.42 Å². The zero-order chi connectivity index (χ0) is 17.6. The lowest BCUT2D eigenvalue weighted by Crippen LogP contribution is -1.89. The third-order valence-electron chi connectivity index (χ3n) is 4.17. The summed E-state index contributed by atoms with van der Waals surface area (Å²) in [5, 5.41) is 7.19. The van der Waals surface area contributed by atoms with Crippen LogP contribution in [0.2, 0.25) is 0 Å². The monoisotopic (exact) mass is 477 g/mol. The predicted molar refractivity (Wildman–Crippen MR) is 126 cm³/mol. The number of rotatable bonds is 7. The Bertz CT molecular complexity index is 896. The van der Waals surface area contributed by atoms with E-state index in [1.54, 1.807) is 0 Å². The summed E-state index contributed by atoms with van der Waals surface area (Å²) in [5.41, 5.74) is 6.46. The molecule has 0 saturated carbocycles. The number of halogens is 1. The Morgan fingerprint density at radius 2 is 2.00 bits per heavy atom. The Kier molecular flexibility index (Phi) is 6.69. The van der Waals surface area contributed by atoms with Gasteiger partial charge in [-0.3, -0.25) is 0 Å². The van der Waals surface area contributed by atoms with Crippen LogP contribution in [0.3, 0.4) is 0 Å². The molecule has 0 fully saturated rings. The largest absolute Gasteiger partial charge is 0.358 e. The number of anilines is 1. The summed E-state index contributed by atoms with van der Waals surface area (Å²) < 4.78 is 1.38. The van der Waals surface area contributed by atoms with Gasteiger partial charge in [-0.1, -0.05) is 62.1 Å². The highest BCUT2D eigenvalue weighted by Crippen LogP contribution is 2.38. The summed E-state index contributed by atoms with van der Waals surface area (Å²) >= 11 is 4.24. The number of benzene rings is 2. The van der Waals surface area contributed by atoms with Gasteiger partial charge in [-0.25, -0.2) is 0 Å². The molecule has 1 N–H and O–H groups in total. The number of hydrogen-bond donors (Lipinski definition) is 1. The highest BCUT2D eigenvalue weighted by Gasteiger charge is 2.11. The summed E-state index contributed by atoms with van der Waals surface area (Å²) in [5.74, 6) is 0. The number of thiophene rings is 1. The van der Waals surface area contributed by atoms with Gasteiger partial charge in [0.05, 0.1) is 0 Å². The first-order valence-corrected chi connectivity index (χ1v) is 13.3. The van der Waals surface area contributed by atoms with E-state index in [2.05, 4.69) is 94.6 Å². The van der Waals surface area contributed by atoms with Crippen LogP contribution in [0.1, 0.15) is 35.6 Å². The third-order valence-corrected chi connectivity index (χ3v) is 6.42. The summed E-state index contributed by atoms with van der Waals surface area (Å²) in [6.07, 6.45) is 9.08. The molecule has 1 atom stereocenters. The molecule has 2 aromatic carbocycles. The number of hydrogen-bond acceptors (Lipinski definition) is 2. The number of allylic oxidation sites excluding steroid dienone is 1. The number of nitrogens with one attached hydrogen (secondary N) is 1. The van der Waals surface area contributed by atoms with Gasteiger partial charge in [0.15, 0.2) is 0 Å². The molecule has 3 aromatic rings. The van der Waals surface area contributed by atoms with Crippen molar-refractivity contribution in [3.05, 3.63) is 76.7 Å². The zero-order valence-electron chi connectivity index (χ0n) is 14.2. The summed E-state index contributed by atoms with van der Waals surface area (Å²) in [7, 11) is 0. The van der Waals surface area contributed by atoms with E-state index >= 15 is 0 Å². The first kappa shape index (κ1) is 18.6. The highest BCUT2D eigenvalue weighted by atomic mass is 127. The molecule has 1 aromatic heterocycles. The third kappa shape index (κ3) is 4.33. The summed E-state index contributed by atoms with van der Waals surface area (Å²) in [4.78, 5) is 0. The Morgan fingerprint density at radius 1 is 1.20 bits per heavy atom. The van der Waals surface area contributed by atoms with E-state index in [-0.39, 0.29) is 0 Å². The van der Waals surface area contributed by atoms with Gasteiger partial charge < -0.3 is 5.09 Å². The smallest absolute Gasteiger partial charge is 0.0464 e. The molecule has 0 aliphatic rings. The minimum Gasteiger partial charge on any atom is -0.358 e. The molecule has 0 aliphatic carbocycles. The van der Waals surface area contributed by atoms with Crippen molar-refractivity contribution < 1.29 is 0 Å². The maximum atomic E-state index is 3.82. The molecule has 1 unspecified atom stereocenters. The second-order valence-corrected chi connectivity index (χ2v) is 8.75. The van der Waals surface area contributed by atoms with Crippen LogP contribution in [0.4, 0.5) is 5.69 Å². The highest BCUT2D eigenvalue weighted by molar-refractivity contribution is 14.2. The van der Waals surface area contributed by atoms with Gasteiger partial charge in [-0.15, -0.1) is 11.3 Å². The van der Waals surface area contributed by atoms with Crippen molar-refractivity contribution in [2.75, 3.05) is 5.09 Å². The van der Waals surface area contributed by atoms with E-state index in [0.29, 0.717) is 6.37 Å². The van der Waals surface area contributed by atoms with Gasteiger partial charge in [0, 0.05) is 22.3 Å². The van der Waals surface area contributed by atoms with E-state index in [0.717, 1.165) is 12.8 Å². The van der Waals surface area contributed by atoms with Crippen molar-refractivity contribution in [1.29, 1.82) is 0 Å². The van der Waals surface area contributed by atoms with Crippen molar-refractivity contribution in [3.8, 4) is 0 Å². The van der Waals surface area contributed by atoms with Crippen LogP contribution in [0.25, 0.3) is 22.2 Å². The van der Waals surface area contributed by atoms with E-state index in [1.165, 1.54) is 38.0 Å². The second-order valence-electron chi connectivity index (χ2n) is 5.82. The molecule has 25 heavy (non-hydrogen) atoms. The Hall–Kier alpha value is -1.16. The predicted octanol–water partition coefficient (Wildman–Crippen LogP) is 7.91. The lowest BCUT2D eigenvalue weighted by Gasteiger charge is -2.09. The molecule has 4 heteroatoms. The molecule has 0 bridgehead atoms. The standard InChI is InChI=1S/C21H21INPS/c1-3-5-6-19-20(23-24-22)12-11-18-17(14-25-21(18)19)13-16-9-7-15(4-2)8-10-16/h4-12,14,23-24H,2-3,13H2,1H3/b6-5-. The fraction of sp³-hybridized carbons (Fsp3) is 0.143. The average molecular weight is 477 g/mol. The van der Waals surface area contributed by atoms with Gasteiger partial charge >= 0.3 is 0 Å². The zero-order valence-corrected chi connectivity index (χ0v) is 18.2. The van der Waals surface area contributed by atoms with Crippen molar-refractivity contribution in [1.82, 2.24) is 0 Å². The number of fused-ring (bicyclic) bond motifs is 1. The maximum absolute atomic E-state index is 3.82. The van der Waals surface area contributed by atoms with Gasteiger partial charge in [0.25, 0.3) is 0 Å². The van der Waals surface area contributed by atoms with Gasteiger partial charge in [-0.05, 0) is 68.4 Å². The van der Waals surface area contributed by atoms with Crippen LogP contribution < -0.4 is 5.09 Å². The Morgan fingerprint density at radius 3 is 2.68 bits per heavy atom. The molecule has 3 rings (SSSR count). The SMILES string of the molecule is C=Cc1ccc(Cc2csc3c(/C=C\CC)c(NPI)ccc23)cc1. The van der Waals surface area contributed by atoms with Crippen LogP contribution >= 0.6 is 39.8 Å². The van der Waals surface area contributed by atoms with Crippen molar-refractivity contribution in [2.24, 2.45) is 0 Å². The fourth-order valence-electron chi connectivity index (χ4n) is 2.86. The van der Waals surface area contributed by atoms with Crippen LogP contribution in [0, 0.1) is 0 Å². The van der Waals surface area contributed by atoms with Crippen molar-refractivity contribution in [2.45, 2.75) is 19.8 Å². The Balaban J connectivity index is 1.99. The molecule has 0 aliphatic heterocycles. The molecular weight excluding hydrogens is 456 g/mol. The van der Waals surface area contributed by atoms with Crippen LogP contribution in [0.15, 0.2) is 54.4 Å². The maximum Gasteiger partial charge on any atom is 0.0464 e. The molecule has 0 amide bonds. The first-order chi connectivity index (χ1) is 12.3. The lowest BCUT2D eigenvalue weighted by molar-refractivity contribution is 1.22. The van der Waals surface area contributed by atoms with Gasteiger partial charge in [0.1, 0.15) is 0 Å². The van der Waals surface area contributed by atoms with Crippen LogP contribution in [-0.4, -0.2) is 0 Å². The molecule has 0 spiro atoms. The summed E-state index contributed by atoms with van der Waals surface area (Å²) in [6, 6.07) is 13.2. The second kappa shape index (κ2) is 8.98. The molecule has 1 heterocycles. The average Bonchev–Trinajstić information content (AvgIpc) is 3.04. The topological polar surface area (TPSA) is 12.0 Å². The lowest BCUT2D eigenvalue weighted by atomic mass is 10.0. The normalized spacial score (nSPS) is 11.8. The quantitative estimate of drug-likeness (QED) is 0.269. The molecular formula is C21H21INPS. The molecule has 0 saturated heterocycles. The van der Waals surface area contributed by atoms with Crippen molar-refractivity contribution in [3.63, 3.8) is 0 Å². The van der Waals surface area contributed by atoms with Crippen LogP contribution in [0.5, 0.6) is 0 Å². The molecule has 128 valence electrons. The van der Waals surface area contributed by atoms with Gasteiger partial charge in [-0.2, -0.15) is 0 Å². The van der Waals surface area contributed by atoms with Crippen molar-refractivity contribution >= 4 is 67.7 Å². The van der Waals surface area contributed by atoms with E-state index in [9.17, 15) is 0 Å². The van der Waals surface area contributed by atoms with Gasteiger partial charge in [0.2, 0.25) is 0 Å².